The highest BCUT2D eigenvalue weighted by molar-refractivity contribution is 5.38. The van der Waals surface area contributed by atoms with Crippen molar-refractivity contribution < 1.29 is 28.1 Å². The molecule has 2 aromatic carbocycles. The van der Waals surface area contributed by atoms with Crippen LogP contribution in [0.4, 0.5) is 13.2 Å². The van der Waals surface area contributed by atoms with Crippen LogP contribution in [0.15, 0.2) is 36.4 Å². The lowest BCUT2D eigenvalue weighted by atomic mass is 9.81. The average Bonchev–Trinajstić information content (AvgIpc) is 2.67. The Morgan fingerprint density at radius 2 is 1.82 bits per heavy atom. The predicted octanol–water partition coefficient (Wildman–Crippen LogP) is 3.49. The van der Waals surface area contributed by atoms with Gasteiger partial charge in [-0.25, -0.2) is 13.2 Å². The molecule has 1 fully saturated rings. The lowest BCUT2D eigenvalue weighted by molar-refractivity contribution is -0.0589. The Bertz CT molecular complexity index is 868. The van der Waals surface area contributed by atoms with E-state index in [-0.39, 0.29) is 0 Å². The molecule has 1 spiro atoms. The lowest BCUT2D eigenvalue weighted by Gasteiger charge is -2.46. The van der Waals surface area contributed by atoms with Crippen molar-refractivity contribution in [2.75, 3.05) is 19.6 Å². The Balaban J connectivity index is 1.39. The third-order valence-corrected chi connectivity index (χ3v) is 5.75. The monoisotopic (exact) mass is 393 g/mol. The fraction of sp³-hybridized carbons (Fsp3) is 0.429. The van der Waals surface area contributed by atoms with Crippen molar-refractivity contribution in [2.24, 2.45) is 0 Å². The highest BCUT2D eigenvalue weighted by Crippen LogP contribution is 2.44. The van der Waals surface area contributed by atoms with Crippen molar-refractivity contribution in [3.63, 3.8) is 0 Å². The van der Waals surface area contributed by atoms with Crippen molar-refractivity contribution in [2.45, 2.75) is 37.1 Å². The molecule has 4 nitrogen and oxygen atoms in total. The van der Waals surface area contributed by atoms with Crippen LogP contribution in [0.2, 0.25) is 0 Å². The molecule has 0 radical (unpaired) electrons. The number of hydrogen-bond donors (Lipinski definition) is 2. The van der Waals surface area contributed by atoms with Gasteiger partial charge in [-0.2, -0.15) is 0 Å². The first kappa shape index (κ1) is 19.2. The second-order valence-corrected chi connectivity index (χ2v) is 7.68. The predicted molar refractivity (Wildman–Crippen MR) is 96.3 cm³/mol. The molecule has 2 heterocycles. The number of rotatable bonds is 3. The van der Waals surface area contributed by atoms with Crippen molar-refractivity contribution >= 4 is 0 Å². The fourth-order valence-corrected chi connectivity index (χ4v) is 4.13. The molecule has 28 heavy (non-hydrogen) atoms. The van der Waals surface area contributed by atoms with Gasteiger partial charge in [-0.3, -0.25) is 0 Å². The van der Waals surface area contributed by atoms with Gasteiger partial charge in [-0.1, -0.05) is 6.07 Å². The first-order valence-corrected chi connectivity index (χ1v) is 9.37. The average molecular weight is 393 g/mol. The van der Waals surface area contributed by atoms with Crippen LogP contribution in [0.1, 0.15) is 42.6 Å². The van der Waals surface area contributed by atoms with Crippen LogP contribution >= 0.6 is 0 Å². The summed E-state index contributed by atoms with van der Waals surface area (Å²) in [5, 5.41) is 20.8. The van der Waals surface area contributed by atoms with E-state index in [0.717, 1.165) is 12.1 Å². The summed E-state index contributed by atoms with van der Waals surface area (Å²) in [5.74, 6) is -1.81. The van der Waals surface area contributed by atoms with Gasteiger partial charge in [-0.05, 0) is 48.7 Å². The number of halogens is 3. The maximum absolute atomic E-state index is 13.4. The van der Waals surface area contributed by atoms with Gasteiger partial charge in [0.2, 0.25) is 0 Å². The van der Waals surface area contributed by atoms with E-state index in [0.29, 0.717) is 55.8 Å². The molecule has 2 aliphatic rings. The molecule has 1 saturated heterocycles. The van der Waals surface area contributed by atoms with Crippen molar-refractivity contribution in [3.05, 3.63) is 65.0 Å². The van der Waals surface area contributed by atoms with Crippen LogP contribution in [0.3, 0.4) is 0 Å². The molecule has 0 bridgehead atoms. The fourth-order valence-electron chi connectivity index (χ4n) is 4.13. The van der Waals surface area contributed by atoms with E-state index in [1.54, 1.807) is 6.07 Å². The number of likely N-dealkylation sites (tertiary alicyclic amines) is 1. The molecule has 7 heteroatoms. The number of fused-ring (bicyclic) bond motifs is 1. The minimum absolute atomic E-state index is 0.297. The Hall–Kier alpha value is -2.09. The molecule has 4 rings (SSSR count). The van der Waals surface area contributed by atoms with E-state index in [1.165, 1.54) is 18.2 Å². The second-order valence-electron chi connectivity index (χ2n) is 7.68. The van der Waals surface area contributed by atoms with E-state index >= 15 is 0 Å². The van der Waals surface area contributed by atoms with Crippen molar-refractivity contribution in [3.8, 4) is 5.75 Å². The van der Waals surface area contributed by atoms with Crippen LogP contribution in [0.5, 0.6) is 5.75 Å². The molecule has 2 N–H and O–H groups in total. The number of benzene rings is 2. The molecule has 2 atom stereocenters. The zero-order chi connectivity index (χ0) is 19.9. The van der Waals surface area contributed by atoms with Gasteiger partial charge in [0.05, 0.1) is 12.2 Å². The van der Waals surface area contributed by atoms with Crippen LogP contribution < -0.4 is 4.74 Å². The number of nitrogens with zero attached hydrogens (tertiary/aromatic N) is 1. The molecular weight excluding hydrogens is 371 g/mol. The Labute approximate surface area is 161 Å². The summed E-state index contributed by atoms with van der Waals surface area (Å²) < 4.78 is 46.0. The highest BCUT2D eigenvalue weighted by Gasteiger charge is 2.43. The van der Waals surface area contributed by atoms with Gasteiger partial charge >= 0.3 is 0 Å². The minimum Gasteiger partial charge on any atom is -0.487 e. The van der Waals surface area contributed by atoms with E-state index in [9.17, 15) is 23.4 Å². The molecular formula is C21H22F3NO3. The first-order chi connectivity index (χ1) is 13.3. The largest absolute Gasteiger partial charge is 0.487 e. The van der Waals surface area contributed by atoms with Crippen LogP contribution in [0, 0.1) is 17.5 Å². The molecule has 0 aliphatic carbocycles. The summed E-state index contributed by atoms with van der Waals surface area (Å²) in [4.78, 5) is 2.03. The zero-order valence-corrected chi connectivity index (χ0v) is 15.2. The third kappa shape index (κ3) is 3.74. The topological polar surface area (TPSA) is 52.9 Å². The van der Waals surface area contributed by atoms with Crippen LogP contribution in [0.25, 0.3) is 0 Å². The zero-order valence-electron chi connectivity index (χ0n) is 15.2. The molecule has 150 valence electrons. The summed E-state index contributed by atoms with van der Waals surface area (Å²) in [7, 11) is 0. The number of β-amino-alcohol motifs (C(OH)–C–C–N with tert-alkyl or cyclic N) is 1. The summed E-state index contributed by atoms with van der Waals surface area (Å²) in [6.45, 7) is 1.56. The number of aliphatic hydroxyl groups is 2. The van der Waals surface area contributed by atoms with Crippen LogP contribution in [-0.2, 0) is 0 Å². The quantitative estimate of drug-likeness (QED) is 0.838. The maximum Gasteiger partial charge on any atom is 0.159 e. The van der Waals surface area contributed by atoms with Gasteiger partial charge in [0.25, 0.3) is 0 Å². The second kappa shape index (κ2) is 7.39. The maximum atomic E-state index is 13.4. The van der Waals surface area contributed by atoms with Crippen molar-refractivity contribution in [1.82, 2.24) is 4.90 Å². The third-order valence-electron chi connectivity index (χ3n) is 5.75. The Morgan fingerprint density at radius 3 is 2.54 bits per heavy atom. The van der Waals surface area contributed by atoms with Gasteiger partial charge in [0, 0.05) is 31.6 Å². The number of aliphatic hydroxyl groups excluding tert-OH is 2. The van der Waals surface area contributed by atoms with Crippen molar-refractivity contribution in [1.29, 1.82) is 0 Å². The van der Waals surface area contributed by atoms with E-state index in [2.05, 4.69) is 0 Å². The summed E-state index contributed by atoms with van der Waals surface area (Å²) in [6.07, 6.45) is -0.0238. The molecule has 0 aromatic heterocycles. The van der Waals surface area contributed by atoms with E-state index < -0.39 is 35.3 Å². The number of piperidine rings is 1. The minimum atomic E-state index is -0.978. The molecule has 2 aromatic rings. The van der Waals surface area contributed by atoms with E-state index in [4.69, 9.17) is 4.74 Å². The molecule has 0 saturated carbocycles. The normalized spacial score (nSPS) is 22.5. The number of ether oxygens (including phenoxy) is 1. The molecule has 2 aliphatic heterocycles. The van der Waals surface area contributed by atoms with Crippen LogP contribution in [-0.4, -0.2) is 40.3 Å². The Kier molecular flexibility index (Phi) is 5.07. The standard InChI is InChI=1S/C21H22F3NO3/c22-14-2-4-20-15(10-14)18(26)11-21(28-20)5-7-25(8-6-21)12-19(27)13-1-3-16(23)17(24)9-13/h1-4,9-10,18-19,26-27H,5-8,11-12H2/t18-,19+/m0/s1. The Morgan fingerprint density at radius 1 is 1.07 bits per heavy atom. The SMILES string of the molecule is O[C@H](CN1CCC2(CC1)C[C@H](O)c1cc(F)ccc1O2)c1ccc(F)c(F)c1. The smallest absolute Gasteiger partial charge is 0.159 e. The number of hydrogen-bond acceptors (Lipinski definition) is 4. The van der Waals surface area contributed by atoms with Gasteiger partial charge < -0.3 is 19.8 Å². The van der Waals surface area contributed by atoms with E-state index in [1.807, 2.05) is 4.90 Å². The summed E-state index contributed by atoms with van der Waals surface area (Å²) >= 11 is 0. The first-order valence-electron chi connectivity index (χ1n) is 9.37. The van der Waals surface area contributed by atoms with Gasteiger partial charge in [-0.15, -0.1) is 0 Å². The lowest BCUT2D eigenvalue weighted by Crippen LogP contribution is -2.51. The molecule has 0 amide bonds. The summed E-state index contributed by atoms with van der Waals surface area (Å²) in [5.41, 5.74) is 0.287. The highest BCUT2D eigenvalue weighted by atomic mass is 19.2. The molecule has 0 unspecified atom stereocenters. The van der Waals surface area contributed by atoms with Gasteiger partial charge in [0.15, 0.2) is 11.6 Å². The summed E-state index contributed by atoms with van der Waals surface area (Å²) in [6, 6.07) is 7.58. The van der Waals surface area contributed by atoms with Gasteiger partial charge in [0.1, 0.15) is 17.2 Å².